The van der Waals surface area contributed by atoms with Crippen LogP contribution in [0.15, 0.2) is 0 Å². The normalized spacial score (nSPS) is 32.7. The average Bonchev–Trinajstić information content (AvgIpc) is 2.12. The van der Waals surface area contributed by atoms with E-state index in [1.54, 1.807) is 0 Å². The van der Waals surface area contributed by atoms with Crippen molar-refractivity contribution >= 4 is 0 Å². The van der Waals surface area contributed by atoms with E-state index >= 15 is 0 Å². The van der Waals surface area contributed by atoms with Gasteiger partial charge in [-0.2, -0.15) is 0 Å². The Hall–Kier alpha value is 0.490. The molecule has 0 aromatic heterocycles. The van der Waals surface area contributed by atoms with Gasteiger partial charge in [-0.3, -0.25) is 10.3 Å². The first kappa shape index (κ1) is 9.58. The molecule has 2 atom stereocenters. The fourth-order valence-corrected chi connectivity index (χ4v) is 2.03. The number of hydrogen-bond acceptors (Lipinski definition) is 6. The summed E-state index contributed by atoms with van der Waals surface area (Å²) in [7, 11) is 0. The molecule has 1 saturated heterocycles. The average molecular weight is 278 g/mol. The Bertz CT molecular complexity index is 133. The van der Waals surface area contributed by atoms with Gasteiger partial charge in [-0.15, -0.1) is 0 Å². The maximum Gasteiger partial charge on any atom is 0.373 e. The van der Waals surface area contributed by atoms with E-state index in [4.69, 9.17) is 5.11 Å². The number of aliphatic hydroxyl groups excluding tert-OH is 1. The van der Waals surface area contributed by atoms with E-state index in [0.717, 1.165) is 0 Å². The Morgan fingerprint density at radius 2 is 2.00 bits per heavy atom. The highest BCUT2D eigenvalue weighted by molar-refractivity contribution is 4.72. The molecule has 0 aromatic rings. The second kappa shape index (κ2) is 3.47. The highest BCUT2D eigenvalue weighted by atomic mass is 127. The van der Waals surface area contributed by atoms with Crippen LogP contribution in [0.3, 0.4) is 0 Å². The molecule has 1 aliphatic rings. The number of aliphatic hydroxyl groups is 1. The summed E-state index contributed by atoms with van der Waals surface area (Å²) in [5.41, 5.74) is 0. The van der Waals surface area contributed by atoms with E-state index in [9.17, 15) is 10.3 Å². The zero-order chi connectivity index (χ0) is 8.48. The molecule has 1 heterocycles. The van der Waals surface area contributed by atoms with Crippen LogP contribution in [0.4, 0.5) is 0 Å². The first-order valence-electron chi connectivity index (χ1n) is 2.84. The lowest BCUT2D eigenvalue weighted by atomic mass is 10.3. The third-order valence-electron chi connectivity index (χ3n) is 1.22. The molecule has 0 aromatic carbocycles. The van der Waals surface area contributed by atoms with Gasteiger partial charge in [0.15, 0.2) is 0 Å². The lowest BCUT2D eigenvalue weighted by molar-refractivity contribution is -1.92. The quantitative estimate of drug-likeness (QED) is 0.503. The molecule has 0 aliphatic carbocycles. The molecule has 1 N–H and O–H groups in total. The standard InChI is InChI=1S/C4H7IO6/c6-3-1-10-2-4(3)11-5(7,8)9/h3-4,6H,1-2H2/t3-,4+/m1/s1. The van der Waals surface area contributed by atoms with Gasteiger partial charge in [0, 0.05) is 3.07 Å². The van der Waals surface area contributed by atoms with Crippen molar-refractivity contribution < 1.29 is 43.3 Å². The van der Waals surface area contributed by atoms with Crippen LogP contribution in [0.2, 0.25) is 0 Å². The summed E-state index contributed by atoms with van der Waals surface area (Å²) in [6.07, 6.45) is -2.01. The monoisotopic (exact) mass is 278 g/mol. The molecule has 0 radical (unpaired) electrons. The highest BCUT2D eigenvalue weighted by Crippen LogP contribution is 2.05. The van der Waals surface area contributed by atoms with Crippen LogP contribution in [-0.2, 0) is 7.80 Å². The Kier molecular flexibility index (Phi) is 3.02. The van der Waals surface area contributed by atoms with Gasteiger partial charge in [-0.25, -0.2) is 0 Å². The molecule has 11 heavy (non-hydrogen) atoms. The van der Waals surface area contributed by atoms with Crippen LogP contribution >= 0.6 is 0 Å². The van der Waals surface area contributed by atoms with E-state index in [-0.39, 0.29) is 13.2 Å². The van der Waals surface area contributed by atoms with Crippen LogP contribution < -0.4 is 30.4 Å². The molecule has 0 saturated carbocycles. The van der Waals surface area contributed by atoms with Crippen LogP contribution in [-0.4, -0.2) is 30.5 Å². The van der Waals surface area contributed by atoms with Crippen molar-refractivity contribution in [1.82, 2.24) is 0 Å². The van der Waals surface area contributed by atoms with E-state index in [1.165, 1.54) is 0 Å². The third-order valence-corrected chi connectivity index (χ3v) is 2.50. The highest BCUT2D eigenvalue weighted by Gasteiger charge is 2.41. The van der Waals surface area contributed by atoms with E-state index in [1.807, 2.05) is 0 Å². The van der Waals surface area contributed by atoms with E-state index in [0.29, 0.717) is 0 Å². The molecule has 0 bridgehead atoms. The van der Waals surface area contributed by atoms with Gasteiger partial charge >= 0.3 is 20.1 Å². The van der Waals surface area contributed by atoms with Gasteiger partial charge in [-0.05, 0) is 0 Å². The Labute approximate surface area is 69.1 Å². The first-order chi connectivity index (χ1) is 4.99. The number of halogens is 1. The smallest absolute Gasteiger partial charge is 0.373 e. The summed E-state index contributed by atoms with van der Waals surface area (Å²) in [5.74, 6) is 0. The Balaban J connectivity index is 2.37. The molecule has 66 valence electrons. The van der Waals surface area contributed by atoms with Gasteiger partial charge in [0.25, 0.3) is 0 Å². The van der Waals surface area contributed by atoms with Gasteiger partial charge in [0.05, 0.1) is 13.2 Å². The maximum atomic E-state index is 10.1. The van der Waals surface area contributed by atoms with Gasteiger partial charge in [-0.1, -0.05) is 0 Å². The van der Waals surface area contributed by atoms with Crippen molar-refractivity contribution in [3.8, 4) is 0 Å². The molecule has 0 amide bonds. The molecule has 6 nitrogen and oxygen atoms in total. The molecule has 0 spiro atoms. The van der Waals surface area contributed by atoms with Gasteiger partial charge in [0.2, 0.25) is 6.10 Å². The third kappa shape index (κ3) is 3.15. The number of rotatable bonds is 2. The molecule has 0 unspecified atom stereocenters. The summed E-state index contributed by atoms with van der Waals surface area (Å²) in [4.78, 5) is 0. The van der Waals surface area contributed by atoms with Crippen LogP contribution in [0.1, 0.15) is 0 Å². The fraction of sp³-hybridized carbons (Fsp3) is 1.00. The lowest BCUT2D eigenvalue weighted by Crippen LogP contribution is -4.24. The lowest BCUT2D eigenvalue weighted by Gasteiger charge is -2.10. The molecule has 1 rings (SSSR count). The van der Waals surface area contributed by atoms with E-state index in [2.05, 4.69) is 7.80 Å². The summed E-state index contributed by atoms with van der Waals surface area (Å²) in [5, 5.41) is 8.91. The topological polar surface area (TPSA) is 108 Å². The van der Waals surface area contributed by atoms with Crippen molar-refractivity contribution in [2.75, 3.05) is 13.2 Å². The largest absolute Gasteiger partial charge is 0.387 e. The maximum absolute atomic E-state index is 10.1. The minimum atomic E-state index is -5.64. The molecule has 7 heteroatoms. The van der Waals surface area contributed by atoms with Crippen molar-refractivity contribution in [3.05, 3.63) is 0 Å². The Morgan fingerprint density at radius 3 is 2.36 bits per heavy atom. The summed E-state index contributed by atoms with van der Waals surface area (Å²) >= 11 is -5.64. The summed E-state index contributed by atoms with van der Waals surface area (Å²) < 4.78 is 39.0. The van der Waals surface area contributed by atoms with Gasteiger partial charge in [0.1, 0.15) is 6.10 Å². The first-order valence-corrected chi connectivity index (χ1v) is 6.36. The van der Waals surface area contributed by atoms with E-state index < -0.39 is 32.3 Å². The predicted molar refractivity (Wildman–Crippen MR) is 21.7 cm³/mol. The molecular formula is C4H7IO6. The molecule has 1 aliphatic heterocycles. The summed E-state index contributed by atoms with van der Waals surface area (Å²) in [6.45, 7) is -0.0270. The van der Waals surface area contributed by atoms with Crippen molar-refractivity contribution in [3.63, 3.8) is 0 Å². The predicted octanol–water partition coefficient (Wildman–Crippen LogP) is -7.34. The zero-order valence-electron chi connectivity index (χ0n) is 5.44. The minimum absolute atomic E-state index is 0.0157. The fourth-order valence-electron chi connectivity index (χ4n) is 0.749. The Morgan fingerprint density at radius 1 is 1.36 bits per heavy atom. The molecule has 1 fully saturated rings. The molecular weight excluding hydrogens is 271 g/mol. The SMILES string of the molecule is [O-][I+3]([O-])([O-])O[C@H]1COC[C@H]1O. The summed E-state index contributed by atoms with van der Waals surface area (Å²) in [6, 6.07) is 0. The minimum Gasteiger partial charge on any atom is -0.387 e. The van der Waals surface area contributed by atoms with Crippen LogP contribution in [0.5, 0.6) is 0 Å². The van der Waals surface area contributed by atoms with Crippen LogP contribution in [0, 0.1) is 0 Å². The number of ether oxygens (including phenoxy) is 1. The van der Waals surface area contributed by atoms with Crippen molar-refractivity contribution in [1.29, 1.82) is 0 Å². The number of hydrogen-bond donors (Lipinski definition) is 1. The van der Waals surface area contributed by atoms with Crippen molar-refractivity contribution in [2.45, 2.75) is 12.2 Å². The zero-order valence-corrected chi connectivity index (χ0v) is 7.59. The van der Waals surface area contributed by atoms with Gasteiger partial charge < -0.3 is 9.84 Å². The second-order valence-corrected chi connectivity index (χ2v) is 4.78. The second-order valence-electron chi connectivity index (χ2n) is 2.11. The van der Waals surface area contributed by atoms with Crippen molar-refractivity contribution in [2.24, 2.45) is 0 Å². The van der Waals surface area contributed by atoms with Crippen LogP contribution in [0.25, 0.3) is 0 Å².